The highest BCUT2D eigenvalue weighted by Gasteiger charge is 2.14. The lowest BCUT2D eigenvalue weighted by Gasteiger charge is -2.11. The third kappa shape index (κ3) is 4.59. The molecule has 0 aliphatic carbocycles. The second kappa shape index (κ2) is 9.17. The minimum atomic E-state index is -0.498. The number of benzene rings is 3. The molecule has 1 aromatic heterocycles. The van der Waals surface area contributed by atoms with Crippen LogP contribution in [0.1, 0.15) is 15.9 Å². The number of amides is 1. The van der Waals surface area contributed by atoms with Crippen LogP contribution >= 0.6 is 0 Å². The quantitative estimate of drug-likeness (QED) is 0.447. The highest BCUT2D eigenvalue weighted by molar-refractivity contribution is 6.01. The summed E-state index contributed by atoms with van der Waals surface area (Å²) in [6.45, 7) is 0.567. The molecule has 0 saturated heterocycles. The van der Waals surface area contributed by atoms with Gasteiger partial charge in [0.1, 0.15) is 18.9 Å². The van der Waals surface area contributed by atoms with Gasteiger partial charge in [-0.05, 0) is 35.9 Å². The lowest BCUT2D eigenvalue weighted by Crippen LogP contribution is -2.20. The van der Waals surface area contributed by atoms with Gasteiger partial charge in [-0.15, -0.1) is 0 Å². The van der Waals surface area contributed by atoms with Crippen LogP contribution in [0, 0.1) is 0 Å². The molecule has 156 valence electrons. The maximum Gasteiger partial charge on any atom is 0.339 e. The lowest BCUT2D eigenvalue weighted by molar-refractivity contribution is -0.116. The third-order valence-electron chi connectivity index (χ3n) is 4.93. The Morgan fingerprint density at radius 1 is 0.903 bits per heavy atom. The van der Waals surface area contributed by atoms with Gasteiger partial charge in [-0.2, -0.15) is 0 Å². The number of carbonyl (C=O) groups is 2. The summed E-state index contributed by atoms with van der Waals surface area (Å²) in [4.78, 5) is 24.6. The molecular weight excluding hydrogens is 392 g/mol. The molecule has 0 bridgehead atoms. The molecule has 0 aliphatic heterocycles. The Balaban J connectivity index is 1.49. The minimum Gasteiger partial charge on any atom is -0.488 e. The fourth-order valence-corrected chi connectivity index (χ4v) is 3.42. The molecule has 1 heterocycles. The molecular formula is C25H22N2O4. The topological polar surface area (TPSA) is 69.6 Å². The molecule has 0 unspecified atom stereocenters. The van der Waals surface area contributed by atoms with E-state index in [1.54, 1.807) is 24.3 Å². The molecule has 4 aromatic rings. The van der Waals surface area contributed by atoms with E-state index in [0.717, 1.165) is 22.2 Å². The van der Waals surface area contributed by atoms with E-state index < -0.39 is 5.97 Å². The Labute approximate surface area is 180 Å². The van der Waals surface area contributed by atoms with Gasteiger partial charge in [0.2, 0.25) is 5.91 Å². The van der Waals surface area contributed by atoms with Crippen molar-refractivity contribution in [2.24, 2.45) is 0 Å². The Morgan fingerprint density at radius 2 is 1.68 bits per heavy atom. The molecule has 6 heteroatoms. The molecule has 0 spiro atoms. The van der Waals surface area contributed by atoms with Crippen LogP contribution in [-0.4, -0.2) is 23.6 Å². The zero-order chi connectivity index (χ0) is 21.6. The first kappa shape index (κ1) is 20.2. The fourth-order valence-electron chi connectivity index (χ4n) is 3.42. The molecule has 0 radical (unpaired) electrons. The highest BCUT2D eigenvalue weighted by Crippen LogP contribution is 2.27. The molecule has 0 atom stereocenters. The Bertz CT molecular complexity index is 1210. The van der Waals surface area contributed by atoms with E-state index in [9.17, 15) is 9.59 Å². The fraction of sp³-hybridized carbons (Fsp3) is 0.120. The van der Waals surface area contributed by atoms with Gasteiger partial charge in [-0.1, -0.05) is 48.5 Å². The van der Waals surface area contributed by atoms with Gasteiger partial charge < -0.3 is 19.4 Å². The number of rotatable bonds is 7. The first-order chi connectivity index (χ1) is 15.2. The van der Waals surface area contributed by atoms with E-state index >= 15 is 0 Å². The van der Waals surface area contributed by atoms with Crippen molar-refractivity contribution in [3.05, 3.63) is 96.2 Å². The van der Waals surface area contributed by atoms with Gasteiger partial charge in [-0.25, -0.2) is 4.79 Å². The van der Waals surface area contributed by atoms with Crippen molar-refractivity contribution < 1.29 is 19.1 Å². The smallest absolute Gasteiger partial charge is 0.339 e. The number of anilines is 1. The summed E-state index contributed by atoms with van der Waals surface area (Å²) in [6, 6.07) is 24.4. The number of nitrogens with one attached hydrogen (secondary N) is 1. The van der Waals surface area contributed by atoms with Crippen LogP contribution < -0.4 is 10.1 Å². The zero-order valence-corrected chi connectivity index (χ0v) is 17.1. The summed E-state index contributed by atoms with van der Waals surface area (Å²) in [7, 11) is 1.31. The number of esters is 1. The second-order valence-electron chi connectivity index (χ2n) is 6.99. The van der Waals surface area contributed by atoms with Crippen LogP contribution in [0.5, 0.6) is 5.75 Å². The van der Waals surface area contributed by atoms with E-state index in [2.05, 4.69) is 5.32 Å². The number of hydrogen-bond acceptors (Lipinski definition) is 4. The van der Waals surface area contributed by atoms with E-state index in [0.29, 0.717) is 17.9 Å². The van der Waals surface area contributed by atoms with E-state index in [-0.39, 0.29) is 12.5 Å². The molecule has 6 nitrogen and oxygen atoms in total. The predicted molar refractivity (Wildman–Crippen MR) is 119 cm³/mol. The van der Waals surface area contributed by atoms with Crippen LogP contribution in [0.25, 0.3) is 10.9 Å². The van der Waals surface area contributed by atoms with Gasteiger partial charge in [0.25, 0.3) is 0 Å². The maximum absolute atomic E-state index is 12.7. The Kier molecular flexibility index (Phi) is 5.98. The summed E-state index contributed by atoms with van der Waals surface area (Å²) < 4.78 is 12.6. The van der Waals surface area contributed by atoms with Gasteiger partial charge in [0.15, 0.2) is 0 Å². The molecule has 1 N–H and O–H groups in total. The summed E-state index contributed by atoms with van der Waals surface area (Å²) in [5.74, 6) is 0.0172. The number of aromatic nitrogens is 1. The molecule has 4 rings (SSSR count). The van der Waals surface area contributed by atoms with Crippen molar-refractivity contribution in [2.75, 3.05) is 12.4 Å². The van der Waals surface area contributed by atoms with Crippen molar-refractivity contribution in [1.82, 2.24) is 4.57 Å². The summed E-state index contributed by atoms with van der Waals surface area (Å²) >= 11 is 0. The first-order valence-electron chi connectivity index (χ1n) is 9.87. The van der Waals surface area contributed by atoms with Gasteiger partial charge in [0, 0.05) is 11.6 Å². The minimum absolute atomic E-state index is 0.0984. The monoisotopic (exact) mass is 414 g/mol. The second-order valence-corrected chi connectivity index (χ2v) is 6.99. The normalized spacial score (nSPS) is 10.6. The number of methoxy groups -OCH3 is 1. The number of carbonyl (C=O) groups excluding carboxylic acids is 2. The van der Waals surface area contributed by atoms with Crippen LogP contribution in [0.4, 0.5) is 5.69 Å². The molecule has 31 heavy (non-hydrogen) atoms. The number of hydrogen-bond donors (Lipinski definition) is 1. The SMILES string of the molecule is COC(=O)c1ccccc1NC(=O)Cn1ccc2c(OCc3ccccc3)cccc21. The Morgan fingerprint density at radius 3 is 2.48 bits per heavy atom. The molecule has 0 aliphatic rings. The van der Waals surface area contributed by atoms with Crippen LogP contribution in [-0.2, 0) is 22.7 Å². The van der Waals surface area contributed by atoms with Crippen LogP contribution in [0.2, 0.25) is 0 Å². The average molecular weight is 414 g/mol. The van der Waals surface area contributed by atoms with E-state index in [4.69, 9.17) is 9.47 Å². The summed E-state index contributed by atoms with van der Waals surface area (Å²) in [5, 5.41) is 3.73. The van der Waals surface area contributed by atoms with Crippen molar-refractivity contribution in [3.63, 3.8) is 0 Å². The standard InChI is InChI=1S/C25H22N2O4/c1-30-25(29)19-10-5-6-11-21(19)26-24(28)16-27-15-14-20-22(27)12-7-13-23(20)31-17-18-8-3-2-4-9-18/h2-15H,16-17H2,1H3,(H,26,28). The van der Waals surface area contributed by atoms with Crippen LogP contribution in [0.15, 0.2) is 85.1 Å². The molecule has 1 amide bonds. The molecule has 0 fully saturated rings. The van der Waals surface area contributed by atoms with Crippen molar-refractivity contribution in [3.8, 4) is 5.75 Å². The largest absolute Gasteiger partial charge is 0.488 e. The predicted octanol–water partition coefficient (Wildman–Crippen LogP) is 4.65. The zero-order valence-electron chi connectivity index (χ0n) is 17.1. The van der Waals surface area contributed by atoms with E-state index in [1.165, 1.54) is 7.11 Å². The van der Waals surface area contributed by atoms with E-state index in [1.807, 2.05) is 65.4 Å². The maximum atomic E-state index is 12.7. The summed E-state index contributed by atoms with van der Waals surface area (Å²) in [5.41, 5.74) is 2.71. The average Bonchev–Trinajstić information content (AvgIpc) is 3.21. The van der Waals surface area contributed by atoms with Crippen molar-refractivity contribution >= 4 is 28.5 Å². The number of nitrogens with zero attached hydrogens (tertiary/aromatic N) is 1. The number of para-hydroxylation sites is 1. The first-order valence-corrected chi connectivity index (χ1v) is 9.87. The van der Waals surface area contributed by atoms with Crippen LogP contribution in [0.3, 0.4) is 0 Å². The van der Waals surface area contributed by atoms with Gasteiger partial charge in [-0.3, -0.25) is 4.79 Å². The molecule has 3 aromatic carbocycles. The van der Waals surface area contributed by atoms with Crippen molar-refractivity contribution in [2.45, 2.75) is 13.2 Å². The van der Waals surface area contributed by atoms with Gasteiger partial charge >= 0.3 is 5.97 Å². The lowest BCUT2D eigenvalue weighted by atomic mass is 10.2. The van der Waals surface area contributed by atoms with Crippen molar-refractivity contribution in [1.29, 1.82) is 0 Å². The number of ether oxygens (including phenoxy) is 2. The Hall–Kier alpha value is -4.06. The molecule has 0 saturated carbocycles. The summed E-state index contributed by atoms with van der Waals surface area (Å²) in [6.07, 6.45) is 1.85. The third-order valence-corrected chi connectivity index (χ3v) is 4.93. The highest BCUT2D eigenvalue weighted by atomic mass is 16.5. The van der Waals surface area contributed by atoms with Gasteiger partial charge in [0.05, 0.1) is 23.9 Å². The number of fused-ring (bicyclic) bond motifs is 1.